The van der Waals surface area contributed by atoms with Crippen LogP contribution in [0.4, 0.5) is 0 Å². The van der Waals surface area contributed by atoms with E-state index in [-0.39, 0.29) is 69.7 Å². The summed E-state index contributed by atoms with van der Waals surface area (Å²) in [6.45, 7) is 33.0. The normalized spacial score (nSPS) is 15.4. The van der Waals surface area contributed by atoms with Gasteiger partial charge in [-0.2, -0.15) is 0 Å². The first-order valence-corrected chi connectivity index (χ1v) is 45.3. The second kappa shape index (κ2) is 50.9. The van der Waals surface area contributed by atoms with E-state index < -0.39 is 279 Å². The molecule has 0 saturated carbocycles. The first-order valence-electron chi connectivity index (χ1n) is 45.3. The zero-order valence-corrected chi connectivity index (χ0v) is 83.2. The Morgan fingerprint density at radius 1 is 0.390 bits per heavy atom. The molecule has 1 aliphatic heterocycles. The Labute approximate surface area is 794 Å². The Hall–Kier alpha value is -12.5. The first-order chi connectivity index (χ1) is 62.3. The van der Waals surface area contributed by atoms with Gasteiger partial charge in [-0.05, 0) is 192 Å². The molecule has 10 atom stereocenters. The summed E-state index contributed by atoms with van der Waals surface area (Å²) >= 11 is 0. The lowest BCUT2D eigenvalue weighted by Gasteiger charge is -2.36. The van der Waals surface area contributed by atoms with Crippen LogP contribution in [-0.2, 0) is 112 Å². The standard InChI is InChI=1S/C90H150N22O24/c1-26-90(25,80(135)100-54(35-38-61(92)117)66(121)97-53(34-37-60(91)116)65(120)95-52(45-113)41-47(2)3)111-79(134)87(19,20)107-72(127)64(49(6)7)102-71(126)59-33-30-40-112(59)81(136)89(23,24)106-69(124)56(42-48(4)5)98-67(122)58(46-114)101-75(130)84(13,14)109-78(133)88(21,22)110-77(132)85(15,16)104-68(123)55(36-39-62(93)118)99-74(129)83(11,12)108-76(131)86(17,18)105-70(125)57(43-51-31-28-27-29-32-51)96-63(119)44-94-73(128)82(9,10)103-50(8)115/h27-29,31-32,47-49,52-59,64,113-114H,26,30,33-46H2,1-25H3,(H2,91,116)(H2,92,117)(H2,93,118)(H,94,128)(H,95,120)(H,96,119)(H,97,121)(H,98,122)(H,99,129)(H,100,135)(H,101,130)(H,102,126)(H,103,115)(H,104,123)(H,105,125)(H,106,124)(H,107,127)(H,108,131)(H,109,133)(H,110,132)(H,111,134). The zero-order chi connectivity index (χ0) is 105. The third-order valence-corrected chi connectivity index (χ3v) is 22.4. The number of carbonyl (C=O) groups is 22. The van der Waals surface area contributed by atoms with Gasteiger partial charge in [0.2, 0.25) is 130 Å². The highest BCUT2D eigenvalue weighted by Gasteiger charge is 2.49. The monoisotopic (exact) mass is 1920 g/mol. The second-order valence-corrected chi connectivity index (χ2v) is 40.1. The third kappa shape index (κ3) is 38.0. The van der Waals surface area contributed by atoms with E-state index in [0.717, 1.165) is 0 Å². The van der Waals surface area contributed by atoms with Crippen molar-refractivity contribution in [2.24, 2.45) is 35.0 Å². The lowest BCUT2D eigenvalue weighted by molar-refractivity contribution is -0.146. The number of nitrogens with zero attached hydrogens (tertiary/aromatic N) is 1. The van der Waals surface area contributed by atoms with Crippen LogP contribution < -0.4 is 113 Å². The van der Waals surface area contributed by atoms with Crippen molar-refractivity contribution in [3.8, 4) is 0 Å². The van der Waals surface area contributed by atoms with Crippen molar-refractivity contribution < 1.29 is 116 Å². The van der Waals surface area contributed by atoms with Gasteiger partial charge in [-0.25, -0.2) is 0 Å². The average Bonchev–Trinajstić information content (AvgIpc) is 1.70. The fraction of sp³-hybridized carbons (Fsp3) is 0.689. The highest BCUT2D eigenvalue weighted by Crippen LogP contribution is 2.25. The minimum atomic E-state index is -1.97. The SMILES string of the molecule is CCC(C)(NC(=O)C(C)(C)NC(=O)C(NC(=O)C1CCCN1C(=O)C(C)(C)NC(=O)C(CC(C)C)NC(=O)C(CO)NC(=O)C(C)(C)NC(=O)C(C)(C)NC(=O)C(C)(C)NC(=O)C(CCC(N)=O)NC(=O)C(C)(C)NC(=O)C(C)(C)NC(=O)C(Cc1ccccc1)NC(=O)CNC(=O)C(C)(C)NC(C)=O)C(C)C)C(=O)NC(CCC(N)=O)C(=O)NC(CCC(N)=O)C(=O)NC(CO)CC(C)C. The van der Waals surface area contributed by atoms with Crippen molar-refractivity contribution in [2.75, 3.05) is 26.3 Å². The van der Waals surface area contributed by atoms with Crippen molar-refractivity contribution in [1.82, 2.24) is 101 Å². The van der Waals surface area contributed by atoms with Crippen LogP contribution in [0.1, 0.15) is 249 Å². The molecule has 2 rings (SSSR count). The molecule has 136 heavy (non-hydrogen) atoms. The van der Waals surface area contributed by atoms with E-state index in [2.05, 4.69) is 95.7 Å². The van der Waals surface area contributed by atoms with E-state index >= 15 is 0 Å². The smallest absolute Gasteiger partial charge is 0.248 e. The molecular weight excluding hydrogens is 1770 g/mol. The van der Waals surface area contributed by atoms with Crippen LogP contribution in [0.3, 0.4) is 0 Å². The summed E-state index contributed by atoms with van der Waals surface area (Å²) in [6.07, 6.45) is -1.95. The predicted octanol–water partition coefficient (Wildman–Crippen LogP) is -4.79. The minimum Gasteiger partial charge on any atom is -0.394 e. The van der Waals surface area contributed by atoms with Gasteiger partial charge in [-0.15, -0.1) is 0 Å². The van der Waals surface area contributed by atoms with Gasteiger partial charge in [-0.1, -0.05) is 78.8 Å². The number of likely N-dealkylation sites (tertiary alicyclic amines) is 1. The predicted molar refractivity (Wildman–Crippen MR) is 497 cm³/mol. The van der Waals surface area contributed by atoms with Gasteiger partial charge in [-0.3, -0.25) is 105 Å². The second-order valence-electron chi connectivity index (χ2n) is 40.1. The average molecular weight is 1920 g/mol. The number of amides is 22. The summed E-state index contributed by atoms with van der Waals surface area (Å²) in [5.74, 6) is -20.5. The van der Waals surface area contributed by atoms with Crippen LogP contribution in [0.2, 0.25) is 0 Å². The molecule has 46 nitrogen and oxygen atoms in total. The summed E-state index contributed by atoms with van der Waals surface area (Å²) in [7, 11) is 0. The van der Waals surface area contributed by atoms with E-state index in [1.165, 1.54) is 136 Å². The van der Waals surface area contributed by atoms with Crippen LogP contribution in [0.15, 0.2) is 30.3 Å². The maximum Gasteiger partial charge on any atom is 0.248 e. The van der Waals surface area contributed by atoms with E-state index in [1.807, 2.05) is 13.8 Å². The third-order valence-electron chi connectivity index (χ3n) is 22.4. The van der Waals surface area contributed by atoms with Crippen molar-refractivity contribution in [1.29, 1.82) is 0 Å². The van der Waals surface area contributed by atoms with Gasteiger partial charge < -0.3 is 128 Å². The highest BCUT2D eigenvalue weighted by molar-refractivity contribution is 6.05. The van der Waals surface area contributed by atoms with Gasteiger partial charge in [0.1, 0.15) is 98.2 Å². The summed E-state index contributed by atoms with van der Waals surface area (Å²) in [5, 5.41) is 66.2. The topological polar surface area (TPSA) is 714 Å². The van der Waals surface area contributed by atoms with Crippen LogP contribution >= 0.6 is 0 Å². The molecular formula is C90H150N22O24. The first kappa shape index (κ1) is 120. The van der Waals surface area contributed by atoms with Crippen LogP contribution in [0, 0.1) is 17.8 Å². The van der Waals surface area contributed by atoms with Gasteiger partial charge in [0.25, 0.3) is 0 Å². The molecule has 0 radical (unpaired) electrons. The molecule has 0 bridgehead atoms. The molecule has 1 aromatic rings. The minimum absolute atomic E-state index is 0.00314. The molecule has 1 aliphatic rings. The molecule has 10 unspecified atom stereocenters. The van der Waals surface area contributed by atoms with Crippen molar-refractivity contribution >= 4 is 130 Å². The fourth-order valence-electron chi connectivity index (χ4n) is 13.8. The van der Waals surface area contributed by atoms with E-state index in [0.29, 0.717) is 12.0 Å². The molecule has 1 heterocycles. The number of carbonyl (C=O) groups excluding carboxylic acids is 22. The maximum absolute atomic E-state index is 14.6. The lowest BCUT2D eigenvalue weighted by Crippen LogP contribution is -2.68. The van der Waals surface area contributed by atoms with Crippen molar-refractivity contribution in [3.05, 3.63) is 35.9 Å². The molecule has 1 fully saturated rings. The molecule has 1 saturated heterocycles. The van der Waals surface area contributed by atoms with Gasteiger partial charge in [0, 0.05) is 39.2 Å². The summed E-state index contributed by atoms with van der Waals surface area (Å²) in [6, 6.07) is -4.02. The van der Waals surface area contributed by atoms with E-state index in [4.69, 9.17) is 17.2 Å². The summed E-state index contributed by atoms with van der Waals surface area (Å²) in [5.41, 5.74) is 0.329. The van der Waals surface area contributed by atoms with E-state index in [9.17, 15) is 116 Å². The number of hydrogen-bond donors (Lipinski definition) is 23. The fourth-order valence-corrected chi connectivity index (χ4v) is 13.8. The van der Waals surface area contributed by atoms with Gasteiger partial charge in [0.05, 0.1) is 25.8 Å². The number of benzene rings is 1. The Morgan fingerprint density at radius 3 is 1.20 bits per heavy atom. The number of nitrogens with two attached hydrogens (primary N) is 3. The molecule has 764 valence electrons. The lowest BCUT2D eigenvalue weighted by atomic mass is 9.93. The number of aliphatic hydroxyl groups excluding tert-OH is 2. The quantitative estimate of drug-likeness (QED) is 0.0291. The molecule has 0 aliphatic carbocycles. The Balaban J connectivity index is 2.26. The summed E-state index contributed by atoms with van der Waals surface area (Å²) in [4.78, 5) is 302. The number of aliphatic hydroxyl groups is 2. The highest BCUT2D eigenvalue weighted by atomic mass is 16.3. The van der Waals surface area contributed by atoms with Crippen molar-refractivity contribution in [2.45, 2.75) is 354 Å². The zero-order valence-electron chi connectivity index (χ0n) is 83.2. The van der Waals surface area contributed by atoms with Crippen LogP contribution in [0.25, 0.3) is 0 Å². The van der Waals surface area contributed by atoms with Gasteiger partial charge >= 0.3 is 0 Å². The Kier molecular flexibility index (Phi) is 44.7. The largest absolute Gasteiger partial charge is 0.394 e. The molecule has 22 amide bonds. The van der Waals surface area contributed by atoms with Crippen LogP contribution in [0.5, 0.6) is 0 Å². The Morgan fingerprint density at radius 2 is 0.765 bits per heavy atom. The molecule has 46 heteroatoms. The number of rotatable bonds is 55. The van der Waals surface area contributed by atoms with E-state index in [1.54, 1.807) is 58.0 Å². The number of primary amides is 3. The number of hydrogen-bond acceptors (Lipinski definition) is 24. The summed E-state index contributed by atoms with van der Waals surface area (Å²) < 4.78 is 0. The van der Waals surface area contributed by atoms with Crippen molar-refractivity contribution in [3.63, 3.8) is 0 Å². The number of nitrogens with one attached hydrogen (secondary N) is 18. The maximum atomic E-state index is 14.6. The molecule has 0 spiro atoms. The molecule has 26 N–H and O–H groups in total. The Bertz CT molecular complexity index is 4530. The molecule has 1 aromatic carbocycles. The van der Waals surface area contributed by atoms with Crippen LogP contribution in [-0.4, -0.2) is 276 Å². The van der Waals surface area contributed by atoms with Gasteiger partial charge in [0.15, 0.2) is 0 Å². The molecule has 0 aromatic heterocycles.